The number of ether oxygens (including phenoxy) is 1. The number of aliphatic hydroxyl groups excluding tert-OH is 1. The lowest BCUT2D eigenvalue weighted by atomic mass is 10.1. The van der Waals surface area contributed by atoms with Crippen molar-refractivity contribution in [3.8, 4) is 0 Å². The van der Waals surface area contributed by atoms with Crippen LogP contribution in [0.15, 0.2) is 5.11 Å². The minimum atomic E-state index is -4.32. The predicted molar refractivity (Wildman–Crippen MR) is 155 cm³/mol. The molecule has 0 radical (unpaired) electrons. The topological polar surface area (TPSA) is 180 Å². The van der Waals surface area contributed by atoms with Crippen LogP contribution in [0.4, 0.5) is 23.2 Å². The molecule has 0 bridgehead atoms. The molecular formula is C27H43F4N5O8P+. The predicted octanol–water partition coefficient (Wildman–Crippen LogP) is 5.56. The molecular weight excluding hydrogens is 629 g/mol. The van der Waals surface area contributed by atoms with Crippen LogP contribution in [0.3, 0.4) is 0 Å². The van der Waals surface area contributed by atoms with Crippen molar-refractivity contribution in [1.29, 1.82) is 0 Å². The molecule has 0 heterocycles. The molecule has 3 N–H and O–H groups in total. The van der Waals surface area contributed by atoms with Gasteiger partial charge in [-0.3, -0.25) is 18.6 Å². The highest BCUT2D eigenvalue weighted by atomic mass is 31.2. The highest BCUT2D eigenvalue weighted by Gasteiger charge is 2.29. The smallest absolute Gasteiger partial charge is 0.463 e. The summed E-state index contributed by atoms with van der Waals surface area (Å²) in [4.78, 5) is 35.6. The molecule has 2 atom stereocenters. The van der Waals surface area contributed by atoms with E-state index in [0.717, 1.165) is 38.5 Å². The minimum absolute atomic E-state index is 0.00614. The van der Waals surface area contributed by atoms with Gasteiger partial charge in [0.25, 0.3) is 5.91 Å². The Hall–Kier alpha value is -2.78. The van der Waals surface area contributed by atoms with Gasteiger partial charge in [-0.2, -0.15) is 0 Å². The number of phosphoric ester groups is 1. The van der Waals surface area contributed by atoms with Gasteiger partial charge >= 0.3 is 13.8 Å². The Labute approximate surface area is 259 Å². The molecule has 0 fully saturated rings. The summed E-state index contributed by atoms with van der Waals surface area (Å²) in [6, 6.07) is 0. The van der Waals surface area contributed by atoms with Gasteiger partial charge in [-0.25, -0.2) is 22.1 Å². The average Bonchev–Trinajstić information content (AvgIpc) is 2.96. The van der Waals surface area contributed by atoms with Crippen molar-refractivity contribution in [3.05, 3.63) is 39.3 Å². The molecule has 2 unspecified atom stereocenters. The first-order valence-electron chi connectivity index (χ1n) is 14.5. The van der Waals surface area contributed by atoms with Crippen molar-refractivity contribution in [2.45, 2.75) is 70.3 Å². The second-order valence-corrected chi connectivity index (χ2v) is 12.8. The van der Waals surface area contributed by atoms with E-state index >= 15 is 0 Å². The molecule has 1 aromatic rings. The number of likely N-dealkylation sites (N-methyl/N-ethyl adjacent to an activating group) is 1. The summed E-state index contributed by atoms with van der Waals surface area (Å²) in [6.45, 7) is -0.401. The van der Waals surface area contributed by atoms with Gasteiger partial charge in [-0.15, -0.1) is 0 Å². The molecule has 0 aliphatic carbocycles. The molecule has 45 heavy (non-hydrogen) atoms. The summed E-state index contributed by atoms with van der Waals surface area (Å²) in [5.74, 6) is -9.62. The van der Waals surface area contributed by atoms with Crippen LogP contribution in [-0.2, 0) is 23.1 Å². The fraction of sp³-hybridized carbons (Fsp3) is 0.704. The molecule has 13 nitrogen and oxygen atoms in total. The van der Waals surface area contributed by atoms with Gasteiger partial charge in [0.1, 0.15) is 37.1 Å². The third kappa shape index (κ3) is 16.4. The maximum atomic E-state index is 14.0. The minimum Gasteiger partial charge on any atom is -0.463 e. The highest BCUT2D eigenvalue weighted by Crippen LogP contribution is 2.43. The van der Waals surface area contributed by atoms with Gasteiger partial charge in [0.15, 0.2) is 23.3 Å². The van der Waals surface area contributed by atoms with E-state index in [4.69, 9.17) is 19.3 Å². The van der Waals surface area contributed by atoms with Gasteiger partial charge in [0, 0.05) is 17.9 Å². The van der Waals surface area contributed by atoms with Crippen LogP contribution in [-0.4, -0.2) is 86.5 Å². The summed E-state index contributed by atoms with van der Waals surface area (Å²) in [7, 11) is 1.35. The summed E-state index contributed by atoms with van der Waals surface area (Å²) in [5, 5.41) is 14.6. The number of esters is 1. The van der Waals surface area contributed by atoms with E-state index in [-0.39, 0.29) is 26.2 Å². The Morgan fingerprint density at radius 2 is 1.44 bits per heavy atom. The second-order valence-electron chi connectivity index (χ2n) is 11.3. The number of azide groups is 1. The molecule has 1 amide bonds. The van der Waals surface area contributed by atoms with Gasteiger partial charge in [-0.1, -0.05) is 50.1 Å². The third-order valence-corrected chi connectivity index (χ3v) is 7.32. The first-order valence-corrected chi connectivity index (χ1v) is 16.0. The number of carbonyl (C=O) groups excluding carboxylic acids is 2. The van der Waals surface area contributed by atoms with Crippen LogP contribution in [0.25, 0.3) is 10.4 Å². The summed E-state index contributed by atoms with van der Waals surface area (Å²) < 4.78 is 82.6. The largest absolute Gasteiger partial charge is 0.472 e. The number of carbonyl (C=O) groups is 2. The Kier molecular flexibility index (Phi) is 18.2. The number of rotatable bonds is 23. The SMILES string of the molecule is C[N+](C)(C)CCOP(=O)(O)OCC(O)COC(=O)CCCCCCCCCCCNC(=O)c1c(F)c(F)c(N=[N+]=[N-])c(F)c1F. The van der Waals surface area contributed by atoms with E-state index < -0.39 is 66.9 Å². The Bertz CT molecular complexity index is 1190. The fourth-order valence-corrected chi connectivity index (χ4v) is 4.58. The number of halogens is 4. The number of nitrogens with one attached hydrogen (secondary N) is 1. The normalized spacial score (nSPS) is 13.5. The molecule has 0 saturated carbocycles. The number of nitrogens with zero attached hydrogens (tertiary/aromatic N) is 4. The first kappa shape index (κ1) is 40.2. The van der Waals surface area contributed by atoms with Crippen molar-refractivity contribution in [2.75, 3.05) is 54.1 Å². The molecule has 1 rings (SSSR count). The van der Waals surface area contributed by atoms with Crippen molar-refractivity contribution in [1.82, 2.24) is 5.32 Å². The molecule has 0 spiro atoms. The standard InChI is InChI=1S/C27H42F4N5O8P/c1-36(2,3)15-16-43-45(40,41)44-18-19(37)17-42-20(38)13-11-9-7-5-4-6-8-10-12-14-33-27(39)21-22(28)24(30)26(34-35-32)25(31)23(21)29/h19,37H,4-18H2,1-3H3,(H-,33,39,40,41)/p+1. The Morgan fingerprint density at radius 1 is 0.911 bits per heavy atom. The van der Waals surface area contributed by atoms with Crippen LogP contribution in [0.2, 0.25) is 0 Å². The van der Waals surface area contributed by atoms with Crippen molar-refractivity contribution < 1.29 is 60.0 Å². The number of phosphoric acid groups is 1. The highest BCUT2D eigenvalue weighted by molar-refractivity contribution is 7.47. The van der Waals surface area contributed by atoms with E-state index in [2.05, 4.69) is 15.3 Å². The third-order valence-electron chi connectivity index (χ3n) is 6.34. The van der Waals surface area contributed by atoms with E-state index in [9.17, 15) is 41.7 Å². The number of hydrogen-bond acceptors (Lipinski definition) is 8. The van der Waals surface area contributed by atoms with Crippen LogP contribution >= 0.6 is 7.82 Å². The zero-order chi connectivity index (χ0) is 34.0. The quantitative estimate of drug-likeness (QED) is 0.0156. The zero-order valence-electron chi connectivity index (χ0n) is 25.8. The van der Waals surface area contributed by atoms with Crippen molar-refractivity contribution in [2.24, 2.45) is 5.11 Å². The van der Waals surface area contributed by atoms with Crippen molar-refractivity contribution >= 4 is 25.4 Å². The van der Waals surface area contributed by atoms with Gasteiger partial charge < -0.3 is 24.5 Å². The summed E-state index contributed by atoms with van der Waals surface area (Å²) in [6.07, 6.45) is 5.94. The molecule has 0 aliphatic rings. The molecule has 18 heteroatoms. The lowest BCUT2D eigenvalue weighted by Gasteiger charge is -2.24. The van der Waals surface area contributed by atoms with E-state index in [1.165, 1.54) is 0 Å². The number of quaternary nitrogens is 1. The number of benzene rings is 1. The monoisotopic (exact) mass is 672 g/mol. The fourth-order valence-electron chi connectivity index (χ4n) is 3.83. The second kappa shape index (κ2) is 20.4. The Morgan fingerprint density at radius 3 is 1.98 bits per heavy atom. The summed E-state index contributed by atoms with van der Waals surface area (Å²) in [5.41, 5.74) is 5.35. The number of amides is 1. The Balaban J connectivity index is 2.09. The molecule has 256 valence electrons. The lowest BCUT2D eigenvalue weighted by molar-refractivity contribution is -0.870. The van der Waals surface area contributed by atoms with Gasteiger partial charge in [0.05, 0.1) is 27.7 Å². The van der Waals surface area contributed by atoms with Crippen molar-refractivity contribution in [3.63, 3.8) is 0 Å². The maximum Gasteiger partial charge on any atom is 0.472 e. The summed E-state index contributed by atoms with van der Waals surface area (Å²) >= 11 is 0. The lowest BCUT2D eigenvalue weighted by Crippen LogP contribution is -2.37. The van der Waals surface area contributed by atoms with E-state index in [1.54, 1.807) is 0 Å². The zero-order valence-corrected chi connectivity index (χ0v) is 26.7. The van der Waals surface area contributed by atoms with Gasteiger partial charge in [0.2, 0.25) is 0 Å². The number of unbranched alkanes of at least 4 members (excludes halogenated alkanes) is 8. The number of aliphatic hydroxyl groups is 1. The molecule has 0 saturated heterocycles. The molecule has 1 aromatic carbocycles. The molecule has 0 aliphatic heterocycles. The van der Waals surface area contributed by atoms with E-state index in [1.807, 2.05) is 21.1 Å². The van der Waals surface area contributed by atoms with Gasteiger partial charge in [-0.05, 0) is 18.4 Å². The first-order chi connectivity index (χ1) is 21.1. The van der Waals surface area contributed by atoms with E-state index in [0.29, 0.717) is 30.3 Å². The maximum absolute atomic E-state index is 14.0. The van der Waals surface area contributed by atoms with Crippen LogP contribution in [0.1, 0.15) is 74.6 Å². The van der Waals surface area contributed by atoms with Crippen LogP contribution < -0.4 is 5.32 Å². The number of hydrogen-bond donors (Lipinski definition) is 3. The van der Waals surface area contributed by atoms with Crippen LogP contribution in [0, 0.1) is 23.3 Å². The average molecular weight is 673 g/mol. The molecule has 0 aromatic heterocycles. The van der Waals surface area contributed by atoms with Crippen LogP contribution in [0.5, 0.6) is 0 Å².